The van der Waals surface area contributed by atoms with E-state index < -0.39 is 0 Å². The monoisotopic (exact) mass is 378 g/mol. The van der Waals surface area contributed by atoms with E-state index in [0.717, 1.165) is 52.8 Å². The molecule has 1 atom stereocenters. The first-order valence-electron chi connectivity index (χ1n) is 10.1. The Labute approximate surface area is 170 Å². The summed E-state index contributed by atoms with van der Waals surface area (Å²) in [5.74, 6) is 0.167. The van der Waals surface area contributed by atoms with Crippen molar-refractivity contribution in [1.29, 1.82) is 0 Å². The Kier molecular flexibility index (Phi) is 4.57. The van der Waals surface area contributed by atoms with Crippen LogP contribution < -0.4 is 0 Å². The second kappa shape index (κ2) is 7.51. The van der Waals surface area contributed by atoms with E-state index >= 15 is 0 Å². The van der Waals surface area contributed by atoms with E-state index in [1.807, 2.05) is 65.5 Å². The van der Waals surface area contributed by atoms with Gasteiger partial charge in [0.2, 0.25) is 0 Å². The largest absolute Gasteiger partial charge is 0.292 e. The number of ketones is 1. The van der Waals surface area contributed by atoms with Crippen LogP contribution in [0.15, 0.2) is 91.1 Å². The first-order valence-corrected chi connectivity index (χ1v) is 10.1. The highest BCUT2D eigenvalue weighted by atomic mass is 16.1. The third-order valence-electron chi connectivity index (χ3n) is 5.69. The number of hydrogen-bond acceptors (Lipinski definition) is 2. The minimum absolute atomic E-state index is 0.167. The van der Waals surface area contributed by atoms with Gasteiger partial charge in [-0.2, -0.15) is 5.10 Å². The van der Waals surface area contributed by atoms with Crippen molar-refractivity contribution in [3.05, 3.63) is 102 Å². The van der Waals surface area contributed by atoms with Crippen LogP contribution in [-0.2, 0) is 6.42 Å². The molecule has 0 amide bonds. The molecule has 29 heavy (non-hydrogen) atoms. The first kappa shape index (κ1) is 17.6. The molecule has 5 rings (SSSR count). The molecule has 0 spiro atoms. The summed E-state index contributed by atoms with van der Waals surface area (Å²) < 4.78 is 1.90. The fourth-order valence-corrected chi connectivity index (χ4v) is 4.22. The van der Waals surface area contributed by atoms with Crippen molar-refractivity contribution in [3.8, 4) is 22.4 Å². The van der Waals surface area contributed by atoms with Gasteiger partial charge < -0.3 is 0 Å². The number of rotatable bonds is 3. The zero-order valence-corrected chi connectivity index (χ0v) is 16.2. The Morgan fingerprint density at radius 3 is 2.17 bits per heavy atom. The molecular weight excluding hydrogens is 356 g/mol. The number of carbonyl (C=O) groups is 1. The van der Waals surface area contributed by atoms with Gasteiger partial charge in [0.25, 0.3) is 0 Å². The van der Waals surface area contributed by atoms with Crippen molar-refractivity contribution in [2.75, 3.05) is 0 Å². The maximum Gasteiger partial charge on any atom is 0.187 e. The lowest BCUT2D eigenvalue weighted by Crippen LogP contribution is -2.19. The average molecular weight is 378 g/mol. The van der Waals surface area contributed by atoms with Gasteiger partial charge in [-0.3, -0.25) is 9.48 Å². The Bertz CT molecular complexity index is 1090. The number of hydrogen-bond donors (Lipinski definition) is 0. The van der Waals surface area contributed by atoms with Gasteiger partial charge in [0, 0.05) is 22.9 Å². The molecule has 142 valence electrons. The number of aromatic nitrogens is 2. The van der Waals surface area contributed by atoms with Gasteiger partial charge in [0.15, 0.2) is 5.78 Å². The molecule has 0 radical (unpaired) electrons. The molecule has 0 saturated heterocycles. The Morgan fingerprint density at radius 1 is 0.759 bits per heavy atom. The van der Waals surface area contributed by atoms with Crippen LogP contribution in [0.1, 0.15) is 34.8 Å². The van der Waals surface area contributed by atoms with E-state index in [0.29, 0.717) is 0 Å². The molecule has 3 aromatic carbocycles. The summed E-state index contributed by atoms with van der Waals surface area (Å²) in [6.07, 6.45) is 4.78. The van der Waals surface area contributed by atoms with Gasteiger partial charge in [-0.05, 0) is 30.4 Å². The van der Waals surface area contributed by atoms with Crippen molar-refractivity contribution in [2.45, 2.75) is 25.3 Å². The Morgan fingerprint density at radius 2 is 1.41 bits per heavy atom. The minimum atomic E-state index is -0.265. The minimum Gasteiger partial charge on any atom is -0.292 e. The molecule has 1 aliphatic rings. The van der Waals surface area contributed by atoms with E-state index in [4.69, 9.17) is 5.10 Å². The molecule has 0 bridgehead atoms. The lowest BCUT2D eigenvalue weighted by Gasteiger charge is -2.14. The number of nitrogens with zero attached hydrogens (tertiary/aromatic N) is 2. The summed E-state index contributed by atoms with van der Waals surface area (Å²) in [4.78, 5) is 13.4. The molecule has 0 fully saturated rings. The fraction of sp³-hybridized carbons (Fsp3) is 0.154. The van der Waals surface area contributed by atoms with Crippen LogP contribution in [0.5, 0.6) is 0 Å². The summed E-state index contributed by atoms with van der Waals surface area (Å²) in [5.41, 5.74) is 6.14. The second-order valence-electron chi connectivity index (χ2n) is 7.53. The summed E-state index contributed by atoms with van der Waals surface area (Å²) >= 11 is 0. The molecule has 1 aliphatic carbocycles. The molecule has 3 heteroatoms. The molecule has 3 nitrogen and oxygen atoms in total. The number of aryl methyl sites for hydroxylation is 1. The van der Waals surface area contributed by atoms with E-state index in [1.54, 1.807) is 0 Å². The van der Waals surface area contributed by atoms with Crippen molar-refractivity contribution in [1.82, 2.24) is 9.78 Å². The maximum absolute atomic E-state index is 13.4. The van der Waals surface area contributed by atoms with E-state index in [2.05, 4.69) is 30.3 Å². The van der Waals surface area contributed by atoms with Crippen molar-refractivity contribution in [3.63, 3.8) is 0 Å². The van der Waals surface area contributed by atoms with Crippen LogP contribution in [-0.4, -0.2) is 15.6 Å². The van der Waals surface area contributed by atoms with Crippen LogP contribution in [0.25, 0.3) is 22.4 Å². The molecule has 1 aromatic heterocycles. The zero-order chi connectivity index (χ0) is 19.6. The SMILES string of the molecule is O=C1c2ccccc2CCCC1n1cc(-c2ccccc2)c(-c2ccccc2)n1. The summed E-state index contributed by atoms with van der Waals surface area (Å²) in [6.45, 7) is 0. The third-order valence-corrected chi connectivity index (χ3v) is 5.69. The lowest BCUT2D eigenvalue weighted by molar-refractivity contribution is 0.0914. The van der Waals surface area contributed by atoms with Crippen LogP contribution >= 0.6 is 0 Å². The van der Waals surface area contributed by atoms with E-state index in [9.17, 15) is 4.79 Å². The number of carbonyl (C=O) groups excluding carboxylic acids is 1. The molecule has 4 aromatic rings. The van der Waals surface area contributed by atoms with Gasteiger partial charge in [-0.15, -0.1) is 0 Å². The summed E-state index contributed by atoms with van der Waals surface area (Å²) in [6, 6.07) is 28.2. The van der Waals surface area contributed by atoms with E-state index in [-0.39, 0.29) is 11.8 Å². The lowest BCUT2D eigenvalue weighted by atomic mass is 10.0. The van der Waals surface area contributed by atoms with Crippen LogP contribution in [0.2, 0.25) is 0 Å². The highest BCUT2D eigenvalue weighted by Gasteiger charge is 2.28. The number of benzene rings is 3. The number of Topliss-reactive ketones (excluding diaryl/α,β-unsaturated/α-hetero) is 1. The first-order chi connectivity index (χ1) is 14.3. The van der Waals surface area contributed by atoms with Crippen LogP contribution in [0, 0.1) is 0 Å². The third kappa shape index (κ3) is 3.29. The van der Waals surface area contributed by atoms with Crippen molar-refractivity contribution in [2.24, 2.45) is 0 Å². The Balaban J connectivity index is 1.63. The van der Waals surface area contributed by atoms with Gasteiger partial charge in [-0.25, -0.2) is 0 Å². The number of fused-ring (bicyclic) bond motifs is 1. The average Bonchev–Trinajstić information content (AvgIpc) is 3.15. The maximum atomic E-state index is 13.4. The van der Waals surface area contributed by atoms with Gasteiger partial charge in [0.1, 0.15) is 11.7 Å². The van der Waals surface area contributed by atoms with Gasteiger partial charge >= 0.3 is 0 Å². The summed E-state index contributed by atoms with van der Waals surface area (Å²) in [7, 11) is 0. The van der Waals surface area contributed by atoms with Crippen molar-refractivity contribution < 1.29 is 4.79 Å². The second-order valence-corrected chi connectivity index (χ2v) is 7.53. The molecule has 1 unspecified atom stereocenters. The smallest absolute Gasteiger partial charge is 0.187 e. The van der Waals surface area contributed by atoms with Gasteiger partial charge in [0.05, 0.1) is 0 Å². The molecule has 1 heterocycles. The van der Waals surface area contributed by atoms with Crippen LogP contribution in [0.3, 0.4) is 0 Å². The standard InChI is InChI=1S/C26H22N2O/c29-26-22-16-8-7-12-19(22)15-9-17-24(26)28-18-23(20-10-3-1-4-11-20)25(27-28)21-13-5-2-6-14-21/h1-8,10-14,16,18,24H,9,15,17H2. The molecule has 0 saturated carbocycles. The van der Waals surface area contributed by atoms with E-state index in [1.165, 1.54) is 0 Å². The highest BCUT2D eigenvalue weighted by Crippen LogP contribution is 2.34. The predicted molar refractivity (Wildman–Crippen MR) is 116 cm³/mol. The normalized spacial score (nSPS) is 16.3. The zero-order valence-electron chi connectivity index (χ0n) is 16.2. The molecular formula is C26H22N2O. The topological polar surface area (TPSA) is 34.9 Å². The highest BCUT2D eigenvalue weighted by molar-refractivity contribution is 6.00. The van der Waals surface area contributed by atoms with Gasteiger partial charge in [-0.1, -0.05) is 84.9 Å². The fourth-order valence-electron chi connectivity index (χ4n) is 4.22. The molecule has 0 aliphatic heterocycles. The summed E-state index contributed by atoms with van der Waals surface area (Å²) in [5, 5.41) is 4.94. The predicted octanol–water partition coefficient (Wildman–Crippen LogP) is 5.98. The van der Waals surface area contributed by atoms with Crippen LogP contribution in [0.4, 0.5) is 0 Å². The van der Waals surface area contributed by atoms with Crippen molar-refractivity contribution >= 4 is 5.78 Å². The molecule has 0 N–H and O–H groups in total. The quantitative estimate of drug-likeness (QED) is 0.411. The Hall–Kier alpha value is -3.46.